The van der Waals surface area contributed by atoms with E-state index in [4.69, 9.17) is 19.7 Å². The maximum Gasteiger partial charge on any atom is 0.341 e. The molecule has 0 radical (unpaired) electrons. The third-order valence-corrected chi connectivity index (χ3v) is 2.96. The van der Waals surface area contributed by atoms with Gasteiger partial charge in [0.25, 0.3) is 0 Å². The molecule has 0 atom stereocenters. The first-order valence-electron chi connectivity index (χ1n) is 6.85. The largest absolute Gasteiger partial charge is 0.482 e. The summed E-state index contributed by atoms with van der Waals surface area (Å²) in [7, 11) is 0. The average Bonchev–Trinajstić information content (AvgIpc) is 2.51. The van der Waals surface area contributed by atoms with Gasteiger partial charge in [0.2, 0.25) is 0 Å². The van der Waals surface area contributed by atoms with Crippen molar-refractivity contribution >= 4 is 11.9 Å². The molecule has 6 heteroatoms. The van der Waals surface area contributed by atoms with Crippen molar-refractivity contribution in [1.29, 1.82) is 0 Å². The first-order valence-corrected chi connectivity index (χ1v) is 6.85. The van der Waals surface area contributed by atoms with E-state index in [9.17, 15) is 9.59 Å². The van der Waals surface area contributed by atoms with Crippen molar-refractivity contribution in [2.45, 2.75) is 6.92 Å². The molecule has 0 aromatic heterocycles. The number of carboxylic acids is 2. The van der Waals surface area contributed by atoms with Crippen molar-refractivity contribution in [3.63, 3.8) is 0 Å². The molecule has 0 saturated carbocycles. The summed E-state index contributed by atoms with van der Waals surface area (Å²) >= 11 is 0. The second kappa shape index (κ2) is 7.31. The highest BCUT2D eigenvalue weighted by Crippen LogP contribution is 2.27. The van der Waals surface area contributed by atoms with Crippen molar-refractivity contribution in [3.8, 4) is 22.6 Å². The molecule has 0 bridgehead atoms. The molecule has 0 saturated heterocycles. The summed E-state index contributed by atoms with van der Waals surface area (Å²) in [6.07, 6.45) is 0. The molecule has 23 heavy (non-hydrogen) atoms. The monoisotopic (exact) mass is 316 g/mol. The van der Waals surface area contributed by atoms with Gasteiger partial charge in [-0.05, 0) is 47.9 Å². The Bertz CT molecular complexity index is 706. The van der Waals surface area contributed by atoms with Crippen LogP contribution in [0.15, 0.2) is 42.5 Å². The van der Waals surface area contributed by atoms with Gasteiger partial charge in [0.15, 0.2) is 13.2 Å². The van der Waals surface area contributed by atoms with Gasteiger partial charge in [-0.3, -0.25) is 0 Å². The molecule has 0 amide bonds. The standard InChI is InChI=1S/C17H16O6/c1-11-6-13(8-15(7-11)23-10-17(20)21)12-2-4-14(5-3-12)22-9-16(18)19/h2-8H,9-10H2,1H3,(H,18,19)(H,20,21). The van der Waals surface area contributed by atoms with Crippen LogP contribution in [0.3, 0.4) is 0 Å². The average molecular weight is 316 g/mol. The number of rotatable bonds is 7. The number of carboxylic acid groups (broad SMARTS) is 2. The highest BCUT2D eigenvalue weighted by molar-refractivity contribution is 5.70. The summed E-state index contributed by atoms with van der Waals surface area (Å²) < 4.78 is 10.3. The highest BCUT2D eigenvalue weighted by Gasteiger charge is 2.06. The molecule has 0 unspecified atom stereocenters. The van der Waals surface area contributed by atoms with E-state index in [0.717, 1.165) is 16.7 Å². The Balaban J connectivity index is 2.17. The van der Waals surface area contributed by atoms with Gasteiger partial charge in [0.05, 0.1) is 0 Å². The normalized spacial score (nSPS) is 10.1. The second-order valence-electron chi connectivity index (χ2n) is 4.92. The van der Waals surface area contributed by atoms with Crippen LogP contribution in [-0.2, 0) is 9.59 Å². The summed E-state index contributed by atoms with van der Waals surface area (Å²) in [4.78, 5) is 21.0. The van der Waals surface area contributed by atoms with Gasteiger partial charge in [-0.1, -0.05) is 18.2 Å². The fourth-order valence-corrected chi connectivity index (χ4v) is 2.03. The third-order valence-electron chi connectivity index (χ3n) is 2.96. The van der Waals surface area contributed by atoms with Crippen molar-refractivity contribution in [2.75, 3.05) is 13.2 Å². The van der Waals surface area contributed by atoms with E-state index >= 15 is 0 Å². The van der Waals surface area contributed by atoms with Crippen LogP contribution in [0.25, 0.3) is 11.1 Å². The lowest BCUT2D eigenvalue weighted by molar-refractivity contribution is -0.140. The van der Waals surface area contributed by atoms with E-state index in [2.05, 4.69) is 0 Å². The van der Waals surface area contributed by atoms with E-state index in [1.165, 1.54) is 0 Å². The summed E-state index contributed by atoms with van der Waals surface area (Å²) in [5, 5.41) is 17.2. The van der Waals surface area contributed by atoms with E-state index in [1.54, 1.807) is 36.4 Å². The number of benzene rings is 2. The zero-order valence-electron chi connectivity index (χ0n) is 12.5. The molecule has 2 N–H and O–H groups in total. The maximum atomic E-state index is 10.6. The Labute approximate surface area is 132 Å². The Morgan fingerprint density at radius 2 is 1.39 bits per heavy atom. The van der Waals surface area contributed by atoms with Gasteiger partial charge in [0.1, 0.15) is 11.5 Å². The summed E-state index contributed by atoms with van der Waals surface area (Å²) in [6.45, 7) is 1.10. The fourth-order valence-electron chi connectivity index (χ4n) is 2.03. The topological polar surface area (TPSA) is 93.1 Å². The van der Waals surface area contributed by atoms with Gasteiger partial charge in [-0.2, -0.15) is 0 Å². The van der Waals surface area contributed by atoms with Crippen molar-refractivity contribution in [2.24, 2.45) is 0 Å². The van der Waals surface area contributed by atoms with E-state index in [0.29, 0.717) is 11.5 Å². The van der Waals surface area contributed by atoms with Crippen LogP contribution in [0.1, 0.15) is 5.56 Å². The van der Waals surface area contributed by atoms with Crippen molar-refractivity contribution in [1.82, 2.24) is 0 Å². The molecule has 0 heterocycles. The molecule has 0 aliphatic carbocycles. The molecule has 0 spiro atoms. The molecule has 2 aromatic rings. The third kappa shape index (κ3) is 5.03. The zero-order chi connectivity index (χ0) is 16.8. The SMILES string of the molecule is Cc1cc(OCC(=O)O)cc(-c2ccc(OCC(=O)O)cc2)c1. The van der Waals surface area contributed by atoms with Crippen LogP contribution < -0.4 is 9.47 Å². The minimum absolute atomic E-state index is 0.392. The summed E-state index contributed by atoms with van der Waals surface area (Å²) in [5.41, 5.74) is 2.70. The van der Waals surface area contributed by atoms with E-state index in [-0.39, 0.29) is 0 Å². The quantitative estimate of drug-likeness (QED) is 0.815. The number of aryl methyl sites for hydroxylation is 1. The first-order chi connectivity index (χ1) is 10.9. The highest BCUT2D eigenvalue weighted by atomic mass is 16.5. The molecule has 0 aliphatic rings. The second-order valence-corrected chi connectivity index (χ2v) is 4.92. The number of aliphatic carboxylic acids is 2. The minimum atomic E-state index is -1.03. The number of hydrogen-bond acceptors (Lipinski definition) is 4. The van der Waals surface area contributed by atoms with Gasteiger partial charge in [-0.15, -0.1) is 0 Å². The van der Waals surface area contributed by atoms with Gasteiger partial charge >= 0.3 is 11.9 Å². The molecule has 120 valence electrons. The predicted octanol–water partition coefficient (Wildman–Crippen LogP) is 2.59. The minimum Gasteiger partial charge on any atom is -0.482 e. The molecular formula is C17H16O6. The van der Waals surface area contributed by atoms with Crippen LogP contribution in [0, 0.1) is 6.92 Å². The van der Waals surface area contributed by atoms with E-state index in [1.807, 2.05) is 13.0 Å². The molecular weight excluding hydrogens is 300 g/mol. The number of carbonyl (C=O) groups is 2. The lowest BCUT2D eigenvalue weighted by atomic mass is 10.0. The number of hydrogen-bond donors (Lipinski definition) is 2. The summed E-state index contributed by atoms with van der Waals surface area (Å²) in [5.74, 6) is -1.12. The van der Waals surface area contributed by atoms with Crippen molar-refractivity contribution in [3.05, 3.63) is 48.0 Å². The van der Waals surface area contributed by atoms with Crippen LogP contribution >= 0.6 is 0 Å². The maximum absolute atomic E-state index is 10.6. The molecule has 0 fully saturated rings. The van der Waals surface area contributed by atoms with Crippen LogP contribution in [0.2, 0.25) is 0 Å². The van der Waals surface area contributed by atoms with Gasteiger partial charge < -0.3 is 19.7 Å². The Kier molecular flexibility index (Phi) is 5.19. The fraction of sp³-hybridized carbons (Fsp3) is 0.176. The first kappa shape index (κ1) is 16.4. The van der Waals surface area contributed by atoms with Gasteiger partial charge in [0, 0.05) is 0 Å². The zero-order valence-corrected chi connectivity index (χ0v) is 12.5. The smallest absolute Gasteiger partial charge is 0.341 e. The van der Waals surface area contributed by atoms with Crippen LogP contribution in [-0.4, -0.2) is 35.4 Å². The molecule has 2 rings (SSSR count). The Hall–Kier alpha value is -3.02. The molecule has 2 aromatic carbocycles. The summed E-state index contributed by atoms with van der Waals surface area (Å²) in [6, 6.07) is 12.4. The Morgan fingerprint density at radius 1 is 0.826 bits per heavy atom. The van der Waals surface area contributed by atoms with Crippen LogP contribution in [0.4, 0.5) is 0 Å². The van der Waals surface area contributed by atoms with Gasteiger partial charge in [-0.25, -0.2) is 9.59 Å². The molecule has 6 nitrogen and oxygen atoms in total. The van der Waals surface area contributed by atoms with E-state index < -0.39 is 25.2 Å². The lowest BCUT2D eigenvalue weighted by Gasteiger charge is -2.09. The molecule has 0 aliphatic heterocycles. The van der Waals surface area contributed by atoms with Crippen molar-refractivity contribution < 1.29 is 29.3 Å². The predicted molar refractivity (Wildman–Crippen MR) is 82.9 cm³/mol. The lowest BCUT2D eigenvalue weighted by Crippen LogP contribution is -2.09. The van der Waals surface area contributed by atoms with Crippen LogP contribution in [0.5, 0.6) is 11.5 Å². The number of ether oxygens (including phenoxy) is 2. The Morgan fingerprint density at radius 3 is 1.96 bits per heavy atom.